The highest BCUT2D eigenvalue weighted by Crippen LogP contribution is 2.31. The molecule has 4 rings (SSSR count). The smallest absolute Gasteiger partial charge is 0.199 e. The number of fused-ring (bicyclic) bond motifs is 1. The summed E-state index contributed by atoms with van der Waals surface area (Å²) in [4.78, 5) is 13.1. The largest absolute Gasteiger partial charge is 0.487 e. The molecule has 0 saturated carbocycles. The number of carbonyl (C=O) groups is 1. The number of nitrogens with one attached hydrogen (secondary N) is 1. The van der Waals surface area contributed by atoms with Gasteiger partial charge in [-0.2, -0.15) is 20.6 Å². The second kappa shape index (κ2) is 8.34. The van der Waals surface area contributed by atoms with Crippen molar-refractivity contribution < 1.29 is 13.9 Å². The molecule has 30 heavy (non-hydrogen) atoms. The van der Waals surface area contributed by atoms with Crippen LogP contribution in [0, 0.1) is 23.1 Å². The monoisotopic (exact) mass is 487 g/mol. The molecule has 10 heteroatoms. The summed E-state index contributed by atoms with van der Waals surface area (Å²) in [6.45, 7) is 0.0222. The standard InChI is InChI=1S/C20H12BrClFN5O2/c21-14-1-2-16(30-9-15-13-3-4-25-27-20(13)28-26-15)17(18(14)23)19(29)11-5-10(8-24)6-12(22)7-11/h1-7,13,20,28H,9H2. The first-order chi connectivity index (χ1) is 14.5. The van der Waals surface area contributed by atoms with Gasteiger partial charge in [0.2, 0.25) is 0 Å². The highest BCUT2D eigenvalue weighted by Gasteiger charge is 2.32. The van der Waals surface area contributed by atoms with Crippen molar-refractivity contribution in [2.45, 2.75) is 6.17 Å². The summed E-state index contributed by atoms with van der Waals surface area (Å²) in [6.07, 6.45) is 3.11. The average molecular weight is 489 g/mol. The first-order valence-electron chi connectivity index (χ1n) is 8.72. The zero-order valence-electron chi connectivity index (χ0n) is 15.1. The van der Waals surface area contributed by atoms with Gasteiger partial charge in [-0.25, -0.2) is 4.39 Å². The fourth-order valence-corrected chi connectivity index (χ4v) is 3.68. The van der Waals surface area contributed by atoms with E-state index in [0.717, 1.165) is 0 Å². The van der Waals surface area contributed by atoms with E-state index in [9.17, 15) is 9.18 Å². The van der Waals surface area contributed by atoms with Crippen LogP contribution in [0.15, 0.2) is 62.4 Å². The third-order valence-electron chi connectivity index (χ3n) is 4.56. The molecule has 0 saturated heterocycles. The van der Waals surface area contributed by atoms with E-state index in [0.29, 0.717) is 5.71 Å². The average Bonchev–Trinajstić information content (AvgIpc) is 3.16. The third-order valence-corrected chi connectivity index (χ3v) is 5.40. The molecule has 2 aromatic carbocycles. The number of nitriles is 1. The number of hydrogen-bond acceptors (Lipinski definition) is 7. The number of hydrazone groups is 1. The fourth-order valence-electron chi connectivity index (χ4n) is 3.12. The number of azo groups is 1. The van der Waals surface area contributed by atoms with Crippen LogP contribution >= 0.6 is 27.5 Å². The van der Waals surface area contributed by atoms with E-state index in [4.69, 9.17) is 21.6 Å². The number of hydrogen-bond donors (Lipinski definition) is 1. The van der Waals surface area contributed by atoms with Crippen LogP contribution in [0.25, 0.3) is 0 Å². The van der Waals surface area contributed by atoms with E-state index in [1.165, 1.54) is 30.3 Å². The SMILES string of the molecule is N#Cc1cc(Cl)cc(C(=O)c2c(OCC3=NNC4N=NC=CC34)ccc(Br)c2F)c1. The van der Waals surface area contributed by atoms with Gasteiger partial charge in [-0.1, -0.05) is 17.7 Å². The lowest BCUT2D eigenvalue weighted by Gasteiger charge is -2.16. The fraction of sp³-hybridized carbons (Fsp3) is 0.150. The number of halogens is 3. The molecule has 0 amide bonds. The van der Waals surface area contributed by atoms with Gasteiger partial charge < -0.3 is 4.74 Å². The van der Waals surface area contributed by atoms with Crippen LogP contribution in [-0.2, 0) is 0 Å². The maximum absolute atomic E-state index is 14.9. The number of ketones is 1. The predicted molar refractivity (Wildman–Crippen MR) is 111 cm³/mol. The molecular formula is C20H12BrClFN5O2. The van der Waals surface area contributed by atoms with Crippen LogP contribution in [-0.4, -0.2) is 24.3 Å². The van der Waals surface area contributed by atoms with Crippen molar-refractivity contribution in [1.29, 1.82) is 5.26 Å². The van der Waals surface area contributed by atoms with Gasteiger partial charge in [0.15, 0.2) is 17.8 Å². The van der Waals surface area contributed by atoms with Gasteiger partial charge in [0.1, 0.15) is 17.9 Å². The molecule has 0 radical (unpaired) electrons. The van der Waals surface area contributed by atoms with E-state index >= 15 is 0 Å². The van der Waals surface area contributed by atoms with Gasteiger partial charge in [-0.15, -0.1) is 0 Å². The van der Waals surface area contributed by atoms with Crippen molar-refractivity contribution in [2.75, 3.05) is 6.61 Å². The molecule has 2 aliphatic rings. The number of rotatable bonds is 5. The van der Waals surface area contributed by atoms with Gasteiger partial charge in [0.25, 0.3) is 0 Å². The Labute approximate surface area is 184 Å². The maximum Gasteiger partial charge on any atom is 0.199 e. The predicted octanol–water partition coefficient (Wildman–Crippen LogP) is 4.60. The van der Waals surface area contributed by atoms with E-state index in [-0.39, 0.29) is 50.6 Å². The molecule has 1 N–H and O–H groups in total. The van der Waals surface area contributed by atoms with Crippen molar-refractivity contribution in [3.63, 3.8) is 0 Å². The lowest BCUT2D eigenvalue weighted by Crippen LogP contribution is -2.29. The van der Waals surface area contributed by atoms with Crippen LogP contribution in [0.2, 0.25) is 5.02 Å². The van der Waals surface area contributed by atoms with Crippen LogP contribution in [0.3, 0.4) is 0 Å². The summed E-state index contributed by atoms with van der Waals surface area (Å²) in [5, 5.41) is 21.4. The summed E-state index contributed by atoms with van der Waals surface area (Å²) in [5.74, 6) is -1.51. The van der Waals surface area contributed by atoms with E-state index < -0.39 is 11.6 Å². The molecule has 2 unspecified atom stereocenters. The first kappa shape index (κ1) is 20.2. The lowest BCUT2D eigenvalue weighted by atomic mass is 9.99. The Balaban J connectivity index is 1.64. The minimum Gasteiger partial charge on any atom is -0.487 e. The van der Waals surface area contributed by atoms with Crippen molar-refractivity contribution in [2.24, 2.45) is 21.2 Å². The van der Waals surface area contributed by atoms with Crippen LogP contribution in [0.5, 0.6) is 5.75 Å². The molecule has 0 aromatic heterocycles. The van der Waals surface area contributed by atoms with Crippen LogP contribution in [0.4, 0.5) is 4.39 Å². The molecule has 0 aliphatic carbocycles. The molecule has 150 valence electrons. The molecule has 2 atom stereocenters. The molecule has 0 spiro atoms. The minimum absolute atomic E-state index is 0.0222. The Morgan fingerprint density at radius 1 is 1.37 bits per heavy atom. The maximum atomic E-state index is 14.9. The number of benzene rings is 2. The molecular weight excluding hydrogens is 477 g/mol. The summed E-state index contributed by atoms with van der Waals surface area (Å²) in [7, 11) is 0. The van der Waals surface area contributed by atoms with Crippen molar-refractivity contribution in [3.8, 4) is 11.8 Å². The second-order valence-corrected chi connectivity index (χ2v) is 7.76. The Morgan fingerprint density at radius 2 is 2.20 bits per heavy atom. The molecule has 0 fully saturated rings. The summed E-state index contributed by atoms with van der Waals surface area (Å²) >= 11 is 9.10. The van der Waals surface area contributed by atoms with Gasteiger partial charge in [-0.3, -0.25) is 10.2 Å². The quantitative estimate of drug-likeness (QED) is 0.622. The Morgan fingerprint density at radius 3 is 3.00 bits per heavy atom. The zero-order valence-corrected chi connectivity index (χ0v) is 17.5. The van der Waals surface area contributed by atoms with Gasteiger partial charge in [0.05, 0.1) is 27.7 Å². The number of carbonyl (C=O) groups excluding carboxylic acids is 1. The van der Waals surface area contributed by atoms with Gasteiger partial charge in [-0.05, 0) is 46.3 Å². The Kier molecular flexibility index (Phi) is 5.61. The van der Waals surface area contributed by atoms with E-state index in [1.807, 2.05) is 12.1 Å². The topological polar surface area (TPSA) is 99.2 Å². The highest BCUT2D eigenvalue weighted by molar-refractivity contribution is 9.10. The Bertz CT molecular complexity index is 1170. The number of ether oxygens (including phenoxy) is 1. The summed E-state index contributed by atoms with van der Waals surface area (Å²) in [6, 6.07) is 9.02. The molecule has 2 aliphatic heterocycles. The van der Waals surface area contributed by atoms with Crippen molar-refractivity contribution in [3.05, 3.63) is 74.6 Å². The molecule has 7 nitrogen and oxygen atoms in total. The molecule has 2 aromatic rings. The van der Waals surface area contributed by atoms with E-state index in [1.54, 1.807) is 6.20 Å². The number of nitrogens with zero attached hydrogens (tertiary/aromatic N) is 4. The molecule has 2 heterocycles. The van der Waals surface area contributed by atoms with Gasteiger partial charge in [0, 0.05) is 16.8 Å². The second-order valence-electron chi connectivity index (χ2n) is 6.47. The minimum atomic E-state index is -0.772. The van der Waals surface area contributed by atoms with Crippen LogP contribution in [0.1, 0.15) is 21.5 Å². The molecule has 0 bridgehead atoms. The lowest BCUT2D eigenvalue weighted by molar-refractivity contribution is 0.103. The Hall–Kier alpha value is -3.09. The normalized spacial score (nSPS) is 18.9. The summed E-state index contributed by atoms with van der Waals surface area (Å²) < 4.78 is 20.8. The summed E-state index contributed by atoms with van der Waals surface area (Å²) in [5.41, 5.74) is 3.50. The van der Waals surface area contributed by atoms with Gasteiger partial charge >= 0.3 is 0 Å². The first-order valence-corrected chi connectivity index (χ1v) is 9.90. The third kappa shape index (κ3) is 3.84. The van der Waals surface area contributed by atoms with Crippen molar-refractivity contribution in [1.82, 2.24) is 5.43 Å². The zero-order chi connectivity index (χ0) is 21.3. The highest BCUT2D eigenvalue weighted by atomic mass is 79.9. The van der Waals surface area contributed by atoms with Crippen LogP contribution < -0.4 is 10.2 Å². The van der Waals surface area contributed by atoms with E-state index in [2.05, 4.69) is 36.7 Å². The van der Waals surface area contributed by atoms with Crippen molar-refractivity contribution >= 4 is 39.0 Å².